The molecule has 0 heterocycles. The topological polar surface area (TPSA) is 66.8 Å². The molecule has 0 aromatic carbocycles. The number of hydrogen-bond acceptors (Lipinski definition) is 4. The molecule has 0 aliphatic heterocycles. The van der Waals surface area contributed by atoms with E-state index in [1.807, 2.05) is 6.92 Å². The van der Waals surface area contributed by atoms with Gasteiger partial charge in [-0.15, -0.1) is 0 Å². The zero-order valence-electron chi connectivity index (χ0n) is 11.2. The highest BCUT2D eigenvalue weighted by molar-refractivity contribution is 5.69. The fraction of sp³-hybridized carbons (Fsp3) is 0.923. The van der Waals surface area contributed by atoms with Crippen LogP contribution in [0, 0.1) is 11.3 Å². The highest BCUT2D eigenvalue weighted by Gasteiger charge is 2.28. The van der Waals surface area contributed by atoms with Crippen LogP contribution in [0.15, 0.2) is 0 Å². The average molecular weight is 246 g/mol. The summed E-state index contributed by atoms with van der Waals surface area (Å²) in [6.45, 7) is 5.85. The quantitative estimate of drug-likeness (QED) is 0.608. The summed E-state index contributed by atoms with van der Waals surface area (Å²) in [5.41, 5.74) is -0.687. The second kappa shape index (κ2) is 8.48. The van der Waals surface area contributed by atoms with E-state index in [0.717, 1.165) is 12.8 Å². The van der Waals surface area contributed by atoms with Gasteiger partial charge in [0.2, 0.25) is 0 Å². The van der Waals surface area contributed by atoms with E-state index in [9.17, 15) is 15.0 Å². The average Bonchev–Trinajstić information content (AvgIpc) is 2.31. The minimum Gasteiger partial charge on any atom is -0.465 e. The van der Waals surface area contributed by atoms with E-state index in [0.29, 0.717) is 18.8 Å². The molecule has 0 aromatic rings. The highest BCUT2D eigenvalue weighted by atomic mass is 16.5. The largest absolute Gasteiger partial charge is 0.465 e. The first-order valence-corrected chi connectivity index (χ1v) is 6.37. The molecule has 102 valence electrons. The first-order chi connectivity index (χ1) is 7.99. The second-order valence-electron chi connectivity index (χ2n) is 5.12. The van der Waals surface area contributed by atoms with E-state index >= 15 is 0 Å². The van der Waals surface area contributed by atoms with Crippen LogP contribution >= 0.6 is 0 Å². The molecule has 2 N–H and O–H groups in total. The van der Waals surface area contributed by atoms with Crippen LogP contribution in [0.5, 0.6) is 0 Å². The van der Waals surface area contributed by atoms with Crippen molar-refractivity contribution in [2.75, 3.05) is 19.8 Å². The van der Waals surface area contributed by atoms with Crippen LogP contribution in [0.25, 0.3) is 0 Å². The zero-order chi connectivity index (χ0) is 13.3. The fourth-order valence-electron chi connectivity index (χ4n) is 1.43. The molecule has 0 fully saturated rings. The van der Waals surface area contributed by atoms with Crippen LogP contribution in [0.1, 0.15) is 46.5 Å². The summed E-state index contributed by atoms with van der Waals surface area (Å²) in [5.74, 6) is 0.345. The summed E-state index contributed by atoms with van der Waals surface area (Å²) < 4.78 is 5.10. The van der Waals surface area contributed by atoms with Gasteiger partial charge < -0.3 is 14.9 Å². The molecule has 17 heavy (non-hydrogen) atoms. The van der Waals surface area contributed by atoms with E-state index in [1.165, 1.54) is 0 Å². The molecule has 0 aliphatic carbocycles. The van der Waals surface area contributed by atoms with Gasteiger partial charge in [0.05, 0.1) is 18.6 Å². The van der Waals surface area contributed by atoms with Crippen molar-refractivity contribution in [1.29, 1.82) is 0 Å². The molecule has 4 nitrogen and oxygen atoms in total. The minimum absolute atomic E-state index is 0.0943. The Morgan fingerprint density at radius 1 is 1.29 bits per heavy atom. The minimum atomic E-state index is -0.687. The van der Waals surface area contributed by atoms with Gasteiger partial charge in [0.25, 0.3) is 0 Å². The summed E-state index contributed by atoms with van der Waals surface area (Å²) in [5, 5.41) is 18.4. The maximum absolute atomic E-state index is 11.4. The molecule has 0 bridgehead atoms. The predicted octanol–water partition coefficient (Wildman–Crippen LogP) is 1.74. The number of aliphatic hydroxyl groups excluding tert-OH is 2. The lowest BCUT2D eigenvalue weighted by atomic mass is 9.88. The lowest BCUT2D eigenvalue weighted by molar-refractivity contribution is -0.149. The van der Waals surface area contributed by atoms with E-state index in [4.69, 9.17) is 4.74 Å². The number of ether oxygens (including phenoxy) is 1. The Bertz CT molecular complexity index is 201. The number of carbonyl (C=O) groups is 1. The Kier molecular flexibility index (Phi) is 8.17. The normalized spacial score (nSPS) is 11.9. The van der Waals surface area contributed by atoms with Crippen molar-refractivity contribution in [1.82, 2.24) is 0 Å². The molecule has 0 radical (unpaired) electrons. The molecule has 0 aromatic heterocycles. The lowest BCUT2D eigenvalue weighted by Gasteiger charge is -2.27. The summed E-state index contributed by atoms with van der Waals surface area (Å²) in [4.78, 5) is 11.4. The lowest BCUT2D eigenvalue weighted by Crippen LogP contribution is -2.35. The van der Waals surface area contributed by atoms with Crippen molar-refractivity contribution in [3.63, 3.8) is 0 Å². The van der Waals surface area contributed by atoms with Gasteiger partial charge in [-0.25, -0.2) is 0 Å². The Morgan fingerprint density at radius 3 is 2.29 bits per heavy atom. The summed E-state index contributed by atoms with van der Waals surface area (Å²) in [6, 6.07) is 0. The molecule has 0 spiro atoms. The van der Waals surface area contributed by atoms with Crippen molar-refractivity contribution in [3.8, 4) is 0 Å². The van der Waals surface area contributed by atoms with Gasteiger partial charge in [-0.1, -0.05) is 27.2 Å². The number of rotatable bonds is 9. The summed E-state index contributed by atoms with van der Waals surface area (Å²) in [6.07, 6.45) is 2.83. The van der Waals surface area contributed by atoms with Crippen LogP contribution in [-0.2, 0) is 9.53 Å². The Hall–Kier alpha value is -0.610. The SMILES string of the molecule is CCC(CO)(CO)COC(=O)CCCC(C)C. The first-order valence-electron chi connectivity index (χ1n) is 6.37. The third-order valence-corrected chi connectivity index (χ3v) is 3.12. The number of hydrogen-bond donors (Lipinski definition) is 2. The zero-order valence-corrected chi connectivity index (χ0v) is 11.2. The van der Waals surface area contributed by atoms with E-state index in [2.05, 4.69) is 13.8 Å². The monoisotopic (exact) mass is 246 g/mol. The molecule has 0 amide bonds. The van der Waals surface area contributed by atoms with Gasteiger partial charge in [-0.3, -0.25) is 4.79 Å². The van der Waals surface area contributed by atoms with Gasteiger partial charge >= 0.3 is 5.97 Å². The van der Waals surface area contributed by atoms with Crippen molar-refractivity contribution in [2.45, 2.75) is 46.5 Å². The Labute approximate surface area is 104 Å². The molecule has 0 saturated heterocycles. The molecule has 0 saturated carbocycles. The van der Waals surface area contributed by atoms with Crippen LogP contribution in [-0.4, -0.2) is 36.0 Å². The van der Waals surface area contributed by atoms with Crippen molar-refractivity contribution >= 4 is 5.97 Å². The van der Waals surface area contributed by atoms with Gasteiger partial charge in [-0.05, 0) is 18.8 Å². The number of carbonyl (C=O) groups excluding carboxylic acids is 1. The molecule has 0 rings (SSSR count). The molecular weight excluding hydrogens is 220 g/mol. The van der Waals surface area contributed by atoms with Gasteiger partial charge in [0.15, 0.2) is 0 Å². The standard InChI is InChI=1S/C13H26O4/c1-4-13(8-14,9-15)10-17-12(16)7-5-6-11(2)3/h11,14-15H,4-10H2,1-3H3. The van der Waals surface area contributed by atoms with Crippen LogP contribution in [0.4, 0.5) is 0 Å². The summed E-state index contributed by atoms with van der Waals surface area (Å²) >= 11 is 0. The molecule has 0 atom stereocenters. The van der Waals surface area contributed by atoms with Crippen LogP contribution in [0.2, 0.25) is 0 Å². The molecular formula is C13H26O4. The first kappa shape index (κ1) is 16.4. The van der Waals surface area contributed by atoms with E-state index in [1.54, 1.807) is 0 Å². The molecule has 4 heteroatoms. The smallest absolute Gasteiger partial charge is 0.305 e. The Balaban J connectivity index is 3.89. The van der Waals surface area contributed by atoms with Crippen molar-refractivity contribution in [2.24, 2.45) is 11.3 Å². The number of aliphatic hydroxyl groups is 2. The van der Waals surface area contributed by atoms with Crippen molar-refractivity contribution < 1.29 is 19.7 Å². The van der Waals surface area contributed by atoms with Gasteiger partial charge in [0.1, 0.15) is 6.61 Å². The third kappa shape index (κ3) is 6.64. The van der Waals surface area contributed by atoms with Gasteiger partial charge in [-0.2, -0.15) is 0 Å². The summed E-state index contributed by atoms with van der Waals surface area (Å²) in [7, 11) is 0. The predicted molar refractivity (Wildman–Crippen MR) is 66.5 cm³/mol. The maximum atomic E-state index is 11.4. The Morgan fingerprint density at radius 2 is 1.88 bits per heavy atom. The third-order valence-electron chi connectivity index (χ3n) is 3.12. The van der Waals surface area contributed by atoms with Crippen LogP contribution in [0.3, 0.4) is 0 Å². The van der Waals surface area contributed by atoms with Gasteiger partial charge in [0, 0.05) is 6.42 Å². The molecule has 0 aliphatic rings. The van der Waals surface area contributed by atoms with Crippen LogP contribution < -0.4 is 0 Å². The van der Waals surface area contributed by atoms with Crippen molar-refractivity contribution in [3.05, 3.63) is 0 Å². The second-order valence-corrected chi connectivity index (χ2v) is 5.12. The molecule has 0 unspecified atom stereocenters. The van der Waals surface area contributed by atoms with E-state index in [-0.39, 0.29) is 25.8 Å². The maximum Gasteiger partial charge on any atom is 0.305 e. The fourth-order valence-corrected chi connectivity index (χ4v) is 1.43. The van der Waals surface area contributed by atoms with E-state index < -0.39 is 5.41 Å². The highest BCUT2D eigenvalue weighted by Crippen LogP contribution is 2.21. The number of esters is 1.